The summed E-state index contributed by atoms with van der Waals surface area (Å²) < 4.78 is 5.50. The van der Waals surface area contributed by atoms with E-state index in [-0.39, 0.29) is 30.5 Å². The molecule has 1 saturated heterocycles. The minimum absolute atomic E-state index is 0.0936. The highest BCUT2D eigenvalue weighted by molar-refractivity contribution is 5.90. The summed E-state index contributed by atoms with van der Waals surface area (Å²) in [6.45, 7) is 4.69. The molecule has 0 aliphatic carbocycles. The number of aromatic amines is 1. The highest BCUT2D eigenvalue weighted by atomic mass is 16.5. The summed E-state index contributed by atoms with van der Waals surface area (Å²) in [5.74, 6) is 0.701. The summed E-state index contributed by atoms with van der Waals surface area (Å²) in [5.41, 5.74) is 0. The number of aliphatic hydroxyl groups is 1. The van der Waals surface area contributed by atoms with Crippen molar-refractivity contribution < 1.29 is 14.6 Å². The van der Waals surface area contributed by atoms with Gasteiger partial charge in [-0.3, -0.25) is 9.89 Å². The van der Waals surface area contributed by atoms with Crippen LogP contribution < -0.4 is 0 Å². The van der Waals surface area contributed by atoms with Crippen LogP contribution in [0.25, 0.3) is 0 Å². The summed E-state index contributed by atoms with van der Waals surface area (Å²) in [6.07, 6.45) is 1.30. The molecule has 1 aromatic heterocycles. The molecule has 2 atom stereocenters. The molecule has 2 unspecified atom stereocenters. The SMILES string of the molecule is CCCc1nc(C(=O)N2CC(C)OC(CO)C2)n[nH]1. The van der Waals surface area contributed by atoms with Crippen LogP contribution >= 0.6 is 0 Å². The molecule has 1 fully saturated rings. The van der Waals surface area contributed by atoms with Crippen molar-refractivity contribution in [2.45, 2.75) is 38.9 Å². The number of amides is 1. The second-order valence-corrected chi connectivity index (χ2v) is 4.82. The molecule has 1 amide bonds. The van der Waals surface area contributed by atoms with E-state index in [1.165, 1.54) is 0 Å². The van der Waals surface area contributed by atoms with Gasteiger partial charge >= 0.3 is 0 Å². The van der Waals surface area contributed by atoms with Crippen molar-refractivity contribution in [2.75, 3.05) is 19.7 Å². The molecule has 0 radical (unpaired) electrons. The maximum atomic E-state index is 12.3. The Morgan fingerprint density at radius 2 is 2.37 bits per heavy atom. The Balaban J connectivity index is 2.05. The molecular weight excluding hydrogens is 248 g/mol. The number of H-pyrrole nitrogens is 1. The second-order valence-electron chi connectivity index (χ2n) is 4.82. The number of nitrogens with zero attached hydrogens (tertiary/aromatic N) is 3. The van der Waals surface area contributed by atoms with Gasteiger partial charge in [-0.1, -0.05) is 6.92 Å². The van der Waals surface area contributed by atoms with E-state index in [9.17, 15) is 4.79 Å². The predicted octanol–water partition coefficient (Wildman–Crippen LogP) is -0.0210. The van der Waals surface area contributed by atoms with E-state index in [4.69, 9.17) is 9.84 Å². The molecule has 1 aliphatic rings. The molecule has 7 nitrogen and oxygen atoms in total. The molecule has 0 aromatic carbocycles. The molecule has 0 saturated carbocycles. The number of ether oxygens (including phenoxy) is 1. The molecular formula is C12H20N4O3. The van der Waals surface area contributed by atoms with Crippen LogP contribution in [0.5, 0.6) is 0 Å². The zero-order valence-corrected chi connectivity index (χ0v) is 11.3. The number of aryl methyl sites for hydroxylation is 1. The Hall–Kier alpha value is -1.47. The highest BCUT2D eigenvalue weighted by Gasteiger charge is 2.30. The lowest BCUT2D eigenvalue weighted by Crippen LogP contribution is -2.50. The topological polar surface area (TPSA) is 91.3 Å². The third-order valence-corrected chi connectivity index (χ3v) is 3.03. The van der Waals surface area contributed by atoms with E-state index in [0.29, 0.717) is 13.1 Å². The molecule has 0 spiro atoms. The Kier molecular flexibility index (Phi) is 4.49. The minimum atomic E-state index is -0.332. The number of aliphatic hydroxyl groups excluding tert-OH is 1. The normalized spacial score (nSPS) is 23.6. The van der Waals surface area contributed by atoms with Gasteiger partial charge < -0.3 is 14.7 Å². The van der Waals surface area contributed by atoms with Crippen LogP contribution in [0.1, 0.15) is 36.7 Å². The van der Waals surface area contributed by atoms with Crippen LogP contribution in [-0.4, -0.2) is 63.0 Å². The van der Waals surface area contributed by atoms with Crippen molar-refractivity contribution in [3.63, 3.8) is 0 Å². The Bertz CT molecular complexity index is 434. The lowest BCUT2D eigenvalue weighted by Gasteiger charge is -2.35. The van der Waals surface area contributed by atoms with Crippen LogP contribution in [0, 0.1) is 0 Å². The van der Waals surface area contributed by atoms with Gasteiger partial charge in [-0.25, -0.2) is 4.98 Å². The molecule has 2 heterocycles. The fourth-order valence-corrected chi connectivity index (χ4v) is 2.19. The number of morpholine rings is 1. The van der Waals surface area contributed by atoms with Crippen molar-refractivity contribution in [3.05, 3.63) is 11.6 Å². The maximum absolute atomic E-state index is 12.3. The first kappa shape index (κ1) is 14.0. The van der Waals surface area contributed by atoms with E-state index < -0.39 is 0 Å². The van der Waals surface area contributed by atoms with Gasteiger partial charge in [0.05, 0.1) is 18.8 Å². The summed E-state index contributed by atoms with van der Waals surface area (Å²) in [4.78, 5) is 18.1. The van der Waals surface area contributed by atoms with Gasteiger partial charge in [0, 0.05) is 19.5 Å². The molecule has 1 aromatic rings. The average Bonchev–Trinajstić information content (AvgIpc) is 2.86. The summed E-state index contributed by atoms with van der Waals surface area (Å²) >= 11 is 0. The Labute approximate surface area is 112 Å². The number of rotatable bonds is 4. The number of carbonyl (C=O) groups excluding carboxylic acids is 1. The zero-order chi connectivity index (χ0) is 13.8. The molecule has 2 N–H and O–H groups in total. The van der Waals surface area contributed by atoms with Gasteiger partial charge in [-0.05, 0) is 13.3 Å². The predicted molar refractivity (Wildman–Crippen MR) is 67.7 cm³/mol. The molecule has 0 bridgehead atoms. The van der Waals surface area contributed by atoms with Crippen LogP contribution in [0.2, 0.25) is 0 Å². The van der Waals surface area contributed by atoms with E-state index in [2.05, 4.69) is 15.2 Å². The molecule has 7 heteroatoms. The molecule has 19 heavy (non-hydrogen) atoms. The maximum Gasteiger partial charge on any atom is 0.293 e. The Morgan fingerprint density at radius 3 is 3.05 bits per heavy atom. The summed E-state index contributed by atoms with van der Waals surface area (Å²) in [5, 5.41) is 15.9. The largest absolute Gasteiger partial charge is 0.394 e. The van der Waals surface area contributed by atoms with Crippen LogP contribution in [-0.2, 0) is 11.2 Å². The highest BCUT2D eigenvalue weighted by Crippen LogP contribution is 2.13. The van der Waals surface area contributed by atoms with Gasteiger partial charge in [0.2, 0.25) is 5.82 Å². The van der Waals surface area contributed by atoms with Crippen molar-refractivity contribution >= 4 is 5.91 Å². The van der Waals surface area contributed by atoms with Crippen molar-refractivity contribution in [3.8, 4) is 0 Å². The molecule has 106 valence electrons. The lowest BCUT2D eigenvalue weighted by molar-refractivity contribution is -0.0860. The summed E-state index contributed by atoms with van der Waals surface area (Å²) in [7, 11) is 0. The van der Waals surface area contributed by atoms with Gasteiger partial charge in [-0.15, -0.1) is 5.10 Å². The Morgan fingerprint density at radius 1 is 1.58 bits per heavy atom. The third-order valence-electron chi connectivity index (χ3n) is 3.03. The standard InChI is InChI=1S/C12H20N4O3/c1-3-4-10-13-11(15-14-10)12(18)16-5-8(2)19-9(6-16)7-17/h8-9,17H,3-7H2,1-2H3,(H,13,14,15). The van der Waals surface area contributed by atoms with Crippen LogP contribution in [0.3, 0.4) is 0 Å². The van der Waals surface area contributed by atoms with Crippen LogP contribution in [0.15, 0.2) is 0 Å². The van der Waals surface area contributed by atoms with Gasteiger partial charge in [0.25, 0.3) is 5.91 Å². The van der Waals surface area contributed by atoms with Crippen molar-refractivity contribution in [1.82, 2.24) is 20.1 Å². The lowest BCUT2D eigenvalue weighted by atomic mass is 10.2. The second kappa shape index (κ2) is 6.12. The van der Waals surface area contributed by atoms with E-state index in [1.54, 1.807) is 4.90 Å². The monoisotopic (exact) mass is 268 g/mol. The number of aromatic nitrogens is 3. The minimum Gasteiger partial charge on any atom is -0.394 e. The van der Waals surface area contributed by atoms with E-state index >= 15 is 0 Å². The number of carbonyl (C=O) groups is 1. The zero-order valence-electron chi connectivity index (χ0n) is 11.3. The van der Waals surface area contributed by atoms with Crippen LogP contribution in [0.4, 0.5) is 0 Å². The first-order chi connectivity index (χ1) is 9.13. The number of hydrogen-bond acceptors (Lipinski definition) is 5. The first-order valence-electron chi connectivity index (χ1n) is 6.61. The number of nitrogens with one attached hydrogen (secondary N) is 1. The average molecular weight is 268 g/mol. The van der Waals surface area contributed by atoms with Gasteiger partial charge in [0.15, 0.2) is 0 Å². The van der Waals surface area contributed by atoms with Gasteiger partial charge in [-0.2, -0.15) is 0 Å². The van der Waals surface area contributed by atoms with Crippen molar-refractivity contribution in [2.24, 2.45) is 0 Å². The smallest absolute Gasteiger partial charge is 0.293 e. The fourth-order valence-electron chi connectivity index (χ4n) is 2.19. The fraction of sp³-hybridized carbons (Fsp3) is 0.750. The van der Waals surface area contributed by atoms with E-state index in [1.807, 2.05) is 13.8 Å². The third kappa shape index (κ3) is 3.30. The molecule has 2 rings (SSSR count). The quantitative estimate of drug-likeness (QED) is 0.800. The first-order valence-corrected chi connectivity index (χ1v) is 6.61. The summed E-state index contributed by atoms with van der Waals surface area (Å²) in [6, 6.07) is 0. The molecule has 1 aliphatic heterocycles. The number of hydrogen-bond donors (Lipinski definition) is 2. The van der Waals surface area contributed by atoms with Gasteiger partial charge in [0.1, 0.15) is 5.82 Å². The van der Waals surface area contributed by atoms with E-state index in [0.717, 1.165) is 18.7 Å². The van der Waals surface area contributed by atoms with Crippen molar-refractivity contribution in [1.29, 1.82) is 0 Å².